The molecule has 0 saturated carbocycles. The topological polar surface area (TPSA) is 89.7 Å². The van der Waals surface area contributed by atoms with Crippen LogP contribution >= 0.6 is 0 Å². The monoisotopic (exact) mass is 333 g/mol. The van der Waals surface area contributed by atoms with Crippen molar-refractivity contribution in [3.63, 3.8) is 0 Å². The van der Waals surface area contributed by atoms with E-state index in [0.29, 0.717) is 16.9 Å². The second kappa shape index (κ2) is 5.45. The number of carbonyl (C=O) groups is 1. The van der Waals surface area contributed by atoms with E-state index in [4.69, 9.17) is 4.74 Å². The second-order valence-electron chi connectivity index (χ2n) is 5.60. The van der Waals surface area contributed by atoms with Crippen LogP contribution < -0.4 is 4.74 Å². The lowest BCUT2D eigenvalue weighted by molar-refractivity contribution is -0.385. The predicted octanol–water partition coefficient (Wildman–Crippen LogP) is 4.07. The van der Waals surface area contributed by atoms with Gasteiger partial charge in [0.05, 0.1) is 10.5 Å². The van der Waals surface area contributed by atoms with Crippen molar-refractivity contribution in [3.05, 3.63) is 81.6 Å². The molecule has 1 heterocycles. The molecule has 1 aliphatic rings. The van der Waals surface area contributed by atoms with Gasteiger partial charge in [-0.3, -0.25) is 14.9 Å². The van der Waals surface area contributed by atoms with Crippen LogP contribution in [0, 0.1) is 10.1 Å². The SMILES string of the molecule is O=C1/C(=C/c2ccc(O)c([N+](=O)[O-])c2)Oc2ccc3ccccc3c21. The number of aromatic hydroxyl groups is 1. The number of allylic oxidation sites excluding steroid dienone is 1. The Labute approximate surface area is 141 Å². The van der Waals surface area contributed by atoms with E-state index in [0.717, 1.165) is 10.8 Å². The van der Waals surface area contributed by atoms with Crippen LogP contribution in [0.5, 0.6) is 11.5 Å². The number of hydrogen-bond donors (Lipinski definition) is 1. The summed E-state index contributed by atoms with van der Waals surface area (Å²) in [4.78, 5) is 23.0. The molecule has 0 unspecified atom stereocenters. The van der Waals surface area contributed by atoms with Crippen LogP contribution in [0.2, 0.25) is 0 Å². The molecule has 0 amide bonds. The van der Waals surface area contributed by atoms with Crippen molar-refractivity contribution in [1.82, 2.24) is 0 Å². The average Bonchev–Trinajstić information content (AvgIpc) is 2.92. The molecule has 1 aliphatic heterocycles. The first kappa shape index (κ1) is 14.9. The third kappa shape index (κ3) is 2.40. The molecule has 0 aromatic heterocycles. The quantitative estimate of drug-likeness (QED) is 0.434. The Kier molecular flexibility index (Phi) is 3.25. The number of ketones is 1. The van der Waals surface area contributed by atoms with E-state index < -0.39 is 16.4 Å². The van der Waals surface area contributed by atoms with Crippen LogP contribution in [0.4, 0.5) is 5.69 Å². The minimum Gasteiger partial charge on any atom is -0.502 e. The first-order chi connectivity index (χ1) is 12.0. The molecule has 0 bridgehead atoms. The number of fused-ring (bicyclic) bond motifs is 3. The van der Waals surface area contributed by atoms with Crippen LogP contribution in [0.3, 0.4) is 0 Å². The van der Waals surface area contributed by atoms with E-state index in [9.17, 15) is 20.0 Å². The van der Waals surface area contributed by atoms with Gasteiger partial charge in [-0.1, -0.05) is 36.4 Å². The molecule has 0 spiro atoms. The van der Waals surface area contributed by atoms with Crippen LogP contribution in [-0.2, 0) is 0 Å². The number of ether oxygens (including phenoxy) is 1. The van der Waals surface area contributed by atoms with Crippen LogP contribution in [0.1, 0.15) is 15.9 Å². The standard InChI is InChI=1S/C19H11NO5/c21-15-7-5-11(9-14(15)20(23)24)10-17-19(22)18-13-4-2-1-3-12(13)6-8-16(18)25-17/h1-10,21H/b17-10-. The van der Waals surface area contributed by atoms with E-state index in [1.165, 1.54) is 24.3 Å². The molecule has 0 radical (unpaired) electrons. The fraction of sp³-hybridized carbons (Fsp3) is 0. The van der Waals surface area contributed by atoms with E-state index in [-0.39, 0.29) is 11.5 Å². The Morgan fingerprint density at radius 2 is 1.88 bits per heavy atom. The van der Waals surface area contributed by atoms with Gasteiger partial charge in [0.25, 0.3) is 0 Å². The number of phenols is 1. The summed E-state index contributed by atoms with van der Waals surface area (Å²) in [6.45, 7) is 0. The lowest BCUT2D eigenvalue weighted by atomic mass is 10.0. The van der Waals surface area contributed by atoms with Crippen LogP contribution in [0.15, 0.2) is 60.4 Å². The first-order valence-corrected chi connectivity index (χ1v) is 7.48. The van der Waals surface area contributed by atoms with Crippen molar-refractivity contribution in [2.24, 2.45) is 0 Å². The minimum atomic E-state index is -0.684. The summed E-state index contributed by atoms with van der Waals surface area (Å²) < 4.78 is 5.64. The highest BCUT2D eigenvalue weighted by molar-refractivity contribution is 6.21. The largest absolute Gasteiger partial charge is 0.502 e. The van der Waals surface area contributed by atoms with Crippen molar-refractivity contribution in [3.8, 4) is 11.5 Å². The predicted molar refractivity (Wildman–Crippen MR) is 91.6 cm³/mol. The van der Waals surface area contributed by atoms with Crippen molar-refractivity contribution < 1.29 is 19.6 Å². The zero-order valence-corrected chi connectivity index (χ0v) is 12.8. The van der Waals surface area contributed by atoms with Crippen molar-refractivity contribution >= 4 is 28.3 Å². The Hall–Kier alpha value is -3.67. The molecular formula is C19H11NO5. The summed E-state index contributed by atoms with van der Waals surface area (Å²) in [6.07, 6.45) is 1.43. The molecule has 6 heteroatoms. The van der Waals surface area contributed by atoms with Crippen molar-refractivity contribution in [2.45, 2.75) is 0 Å². The van der Waals surface area contributed by atoms with Gasteiger partial charge in [-0.15, -0.1) is 0 Å². The van der Waals surface area contributed by atoms with E-state index in [1.807, 2.05) is 30.3 Å². The molecule has 4 rings (SSSR count). The number of nitro groups is 1. The number of hydrogen-bond acceptors (Lipinski definition) is 5. The smallest absolute Gasteiger partial charge is 0.311 e. The number of rotatable bonds is 2. The van der Waals surface area contributed by atoms with Gasteiger partial charge in [-0.2, -0.15) is 0 Å². The van der Waals surface area contributed by atoms with Gasteiger partial charge in [-0.25, -0.2) is 0 Å². The van der Waals surface area contributed by atoms with Crippen molar-refractivity contribution in [1.29, 1.82) is 0 Å². The lowest BCUT2D eigenvalue weighted by Gasteiger charge is -2.01. The summed E-state index contributed by atoms with van der Waals surface area (Å²) in [5, 5.41) is 22.2. The average molecular weight is 333 g/mol. The summed E-state index contributed by atoms with van der Waals surface area (Å²) in [7, 11) is 0. The third-order valence-corrected chi connectivity index (χ3v) is 4.06. The number of carbonyl (C=O) groups excluding carboxylic acids is 1. The van der Waals surface area contributed by atoms with Gasteiger partial charge < -0.3 is 9.84 Å². The van der Waals surface area contributed by atoms with Gasteiger partial charge in [-0.05, 0) is 34.5 Å². The Bertz CT molecular complexity index is 1080. The zero-order valence-electron chi connectivity index (χ0n) is 12.8. The van der Waals surface area contributed by atoms with Crippen LogP contribution in [0.25, 0.3) is 16.8 Å². The molecule has 0 aliphatic carbocycles. The molecule has 0 atom stereocenters. The Morgan fingerprint density at radius 1 is 1.08 bits per heavy atom. The number of phenolic OH excluding ortho intramolecular Hbond substituents is 1. The van der Waals surface area contributed by atoms with Gasteiger partial charge >= 0.3 is 5.69 Å². The first-order valence-electron chi connectivity index (χ1n) is 7.48. The second-order valence-corrected chi connectivity index (χ2v) is 5.60. The highest BCUT2D eigenvalue weighted by Crippen LogP contribution is 2.37. The molecule has 1 N–H and O–H groups in total. The van der Waals surface area contributed by atoms with Gasteiger partial charge in [0, 0.05) is 6.07 Å². The van der Waals surface area contributed by atoms with Crippen molar-refractivity contribution in [2.75, 3.05) is 0 Å². The highest BCUT2D eigenvalue weighted by Gasteiger charge is 2.29. The lowest BCUT2D eigenvalue weighted by Crippen LogP contribution is -1.99. The van der Waals surface area contributed by atoms with Gasteiger partial charge in [0.1, 0.15) is 5.75 Å². The molecule has 122 valence electrons. The fourth-order valence-electron chi connectivity index (χ4n) is 2.88. The third-order valence-electron chi connectivity index (χ3n) is 4.06. The molecule has 3 aromatic carbocycles. The fourth-order valence-corrected chi connectivity index (χ4v) is 2.88. The summed E-state index contributed by atoms with van der Waals surface area (Å²) in [5.74, 6) is -0.155. The van der Waals surface area contributed by atoms with E-state index in [2.05, 4.69) is 0 Å². The number of nitro benzene ring substituents is 1. The number of nitrogens with zero attached hydrogens (tertiary/aromatic N) is 1. The summed E-state index contributed by atoms with van der Waals surface area (Å²) in [6, 6.07) is 15.0. The van der Waals surface area contributed by atoms with E-state index in [1.54, 1.807) is 6.07 Å². The maximum atomic E-state index is 12.7. The van der Waals surface area contributed by atoms with E-state index >= 15 is 0 Å². The maximum absolute atomic E-state index is 12.7. The molecule has 25 heavy (non-hydrogen) atoms. The molecule has 6 nitrogen and oxygen atoms in total. The zero-order chi connectivity index (χ0) is 17.6. The summed E-state index contributed by atoms with van der Waals surface area (Å²) >= 11 is 0. The van der Waals surface area contributed by atoms with Crippen LogP contribution in [-0.4, -0.2) is 15.8 Å². The molecule has 0 saturated heterocycles. The highest BCUT2D eigenvalue weighted by atomic mass is 16.6. The van der Waals surface area contributed by atoms with Gasteiger partial charge in [0.15, 0.2) is 11.5 Å². The normalized spacial score (nSPS) is 14.6. The number of Topliss-reactive ketones (excluding diaryl/α,β-unsaturated/α-hetero) is 1. The molecule has 3 aromatic rings. The maximum Gasteiger partial charge on any atom is 0.311 e. The Balaban J connectivity index is 1.80. The Morgan fingerprint density at radius 3 is 2.68 bits per heavy atom. The molecular weight excluding hydrogens is 322 g/mol. The molecule has 0 fully saturated rings. The number of benzene rings is 3. The van der Waals surface area contributed by atoms with Gasteiger partial charge in [0.2, 0.25) is 5.78 Å². The summed E-state index contributed by atoms with van der Waals surface area (Å²) in [5.41, 5.74) is 0.449. The minimum absolute atomic E-state index is 0.0892.